The van der Waals surface area contributed by atoms with Crippen molar-refractivity contribution in [3.63, 3.8) is 0 Å². The standard InChI is InChI=1S/C5H8O3.C4H10O.Al.3H/c1-4(6)3-5(7)8-2;1-2-3-4-5;;;;/h3H2,1-2H3;5H,2-4H2,1H3;;;;. The molecule has 0 aliphatic heterocycles. The first-order valence-corrected chi connectivity index (χ1v) is 4.25. The predicted octanol–water partition coefficient (Wildman–Crippen LogP) is -0.267. The minimum Gasteiger partial charge on any atom is -0.469 e. The molecule has 0 bridgehead atoms. The van der Waals surface area contributed by atoms with Crippen molar-refractivity contribution in [1.29, 1.82) is 0 Å². The summed E-state index contributed by atoms with van der Waals surface area (Å²) in [6, 6.07) is 0. The number of carbonyl (C=O) groups excluding carboxylic acids is 2. The van der Waals surface area contributed by atoms with Crippen LogP contribution in [0.15, 0.2) is 0 Å². The molecule has 0 aliphatic carbocycles. The van der Waals surface area contributed by atoms with Gasteiger partial charge in [0.2, 0.25) is 0 Å². The van der Waals surface area contributed by atoms with Gasteiger partial charge < -0.3 is 9.84 Å². The first-order valence-electron chi connectivity index (χ1n) is 4.25. The molecule has 0 spiro atoms. The third-order valence-corrected chi connectivity index (χ3v) is 1.13. The van der Waals surface area contributed by atoms with Crippen LogP contribution in [0.25, 0.3) is 0 Å². The zero-order chi connectivity index (χ0) is 10.7. The van der Waals surface area contributed by atoms with E-state index in [4.69, 9.17) is 5.11 Å². The molecule has 4 nitrogen and oxygen atoms in total. The Hall–Kier alpha value is -0.368. The smallest absolute Gasteiger partial charge is 0.313 e. The van der Waals surface area contributed by atoms with E-state index >= 15 is 0 Å². The van der Waals surface area contributed by atoms with Crippen LogP contribution in [0.3, 0.4) is 0 Å². The summed E-state index contributed by atoms with van der Waals surface area (Å²) in [6.45, 7) is 3.74. The van der Waals surface area contributed by atoms with E-state index in [9.17, 15) is 9.59 Å². The molecular weight excluding hydrogens is 199 g/mol. The van der Waals surface area contributed by atoms with Gasteiger partial charge in [-0.15, -0.1) is 0 Å². The maximum absolute atomic E-state index is 10.2. The Bertz CT molecular complexity index is 146. The number of carbonyl (C=O) groups is 2. The summed E-state index contributed by atoms with van der Waals surface area (Å²) in [4.78, 5) is 20.3. The monoisotopic (exact) mass is 220 g/mol. The number of ketones is 1. The number of aliphatic hydroxyl groups excluding tert-OH is 1. The van der Waals surface area contributed by atoms with E-state index in [1.54, 1.807) is 0 Å². The molecule has 0 rings (SSSR count). The molecule has 0 atom stereocenters. The minimum atomic E-state index is -0.475. The van der Waals surface area contributed by atoms with Gasteiger partial charge in [-0.05, 0) is 13.3 Å². The number of hydrogen-bond donors (Lipinski definition) is 1. The second-order valence-corrected chi connectivity index (χ2v) is 2.53. The molecule has 0 saturated heterocycles. The highest BCUT2D eigenvalue weighted by Crippen LogP contribution is 1.83. The van der Waals surface area contributed by atoms with Gasteiger partial charge in [0, 0.05) is 6.61 Å². The maximum Gasteiger partial charge on any atom is 0.313 e. The van der Waals surface area contributed by atoms with Crippen LogP contribution in [0.1, 0.15) is 33.1 Å². The number of aliphatic hydroxyl groups is 1. The Labute approximate surface area is 95.8 Å². The van der Waals surface area contributed by atoms with Crippen molar-refractivity contribution in [2.75, 3.05) is 13.7 Å². The second kappa shape index (κ2) is 15.1. The summed E-state index contributed by atoms with van der Waals surface area (Å²) in [6.07, 6.45) is 1.92. The lowest BCUT2D eigenvalue weighted by atomic mass is 10.3. The van der Waals surface area contributed by atoms with E-state index in [1.165, 1.54) is 14.0 Å². The van der Waals surface area contributed by atoms with Crippen LogP contribution in [0.5, 0.6) is 0 Å². The fourth-order valence-corrected chi connectivity index (χ4v) is 0.434. The van der Waals surface area contributed by atoms with Crippen molar-refractivity contribution in [3.05, 3.63) is 0 Å². The van der Waals surface area contributed by atoms with Crippen LogP contribution in [0.2, 0.25) is 0 Å². The van der Waals surface area contributed by atoms with Crippen molar-refractivity contribution in [3.8, 4) is 0 Å². The van der Waals surface area contributed by atoms with E-state index in [-0.39, 0.29) is 29.6 Å². The number of Topliss-reactive ketones (excluding diaryl/α,β-unsaturated/α-hetero) is 1. The van der Waals surface area contributed by atoms with Crippen LogP contribution in [0, 0.1) is 0 Å². The molecule has 5 heteroatoms. The minimum absolute atomic E-state index is 0. The average Bonchev–Trinajstić information content (AvgIpc) is 2.06. The molecule has 0 radical (unpaired) electrons. The molecule has 0 aromatic carbocycles. The molecule has 0 aromatic rings. The first kappa shape index (κ1) is 19.2. The Morgan fingerprint density at radius 3 is 1.93 bits per heavy atom. The van der Waals surface area contributed by atoms with Crippen LogP contribution in [-0.4, -0.2) is 47.9 Å². The number of unbranched alkanes of at least 4 members (excludes halogenated alkanes) is 1. The number of rotatable bonds is 4. The lowest BCUT2D eigenvalue weighted by Gasteiger charge is -1.90. The highest BCUT2D eigenvalue weighted by Gasteiger charge is 2.01. The number of hydrogen-bond acceptors (Lipinski definition) is 4. The van der Waals surface area contributed by atoms with Gasteiger partial charge in [0.05, 0.1) is 7.11 Å². The molecule has 0 unspecified atom stereocenters. The van der Waals surface area contributed by atoms with Crippen molar-refractivity contribution in [2.24, 2.45) is 0 Å². The fourth-order valence-electron chi connectivity index (χ4n) is 0.434. The highest BCUT2D eigenvalue weighted by atomic mass is 27.0. The van der Waals surface area contributed by atoms with Crippen LogP contribution in [-0.2, 0) is 14.3 Å². The third kappa shape index (κ3) is 22.6. The molecule has 14 heavy (non-hydrogen) atoms. The average molecular weight is 220 g/mol. The van der Waals surface area contributed by atoms with Crippen LogP contribution < -0.4 is 0 Å². The van der Waals surface area contributed by atoms with Gasteiger partial charge in [-0.2, -0.15) is 0 Å². The topological polar surface area (TPSA) is 63.6 Å². The number of methoxy groups -OCH3 is 1. The summed E-state index contributed by atoms with van der Waals surface area (Å²) >= 11 is 0. The summed E-state index contributed by atoms with van der Waals surface area (Å²) in [5.41, 5.74) is 0. The zero-order valence-corrected chi connectivity index (χ0v) is 8.50. The van der Waals surface area contributed by atoms with E-state index in [0.717, 1.165) is 12.8 Å². The van der Waals surface area contributed by atoms with E-state index in [1.807, 2.05) is 0 Å². The van der Waals surface area contributed by atoms with Crippen LogP contribution >= 0.6 is 0 Å². The Morgan fingerprint density at radius 2 is 1.86 bits per heavy atom. The van der Waals surface area contributed by atoms with Gasteiger partial charge in [-0.3, -0.25) is 9.59 Å². The maximum atomic E-state index is 10.2. The lowest BCUT2D eigenvalue weighted by Crippen LogP contribution is -2.05. The molecule has 0 fully saturated rings. The number of esters is 1. The molecule has 84 valence electrons. The van der Waals surface area contributed by atoms with Crippen molar-refractivity contribution in [2.45, 2.75) is 33.1 Å². The largest absolute Gasteiger partial charge is 0.469 e. The van der Waals surface area contributed by atoms with E-state index in [2.05, 4.69) is 11.7 Å². The summed E-state index contributed by atoms with van der Waals surface area (Å²) in [7, 11) is 1.26. The van der Waals surface area contributed by atoms with E-state index < -0.39 is 5.97 Å². The molecule has 0 amide bonds. The van der Waals surface area contributed by atoms with Gasteiger partial charge in [0.25, 0.3) is 0 Å². The Kier molecular flexibility index (Phi) is 20.8. The summed E-state index contributed by atoms with van der Waals surface area (Å²) in [5.74, 6) is -0.644. The molecule has 0 aliphatic rings. The molecule has 0 heterocycles. The van der Waals surface area contributed by atoms with E-state index in [0.29, 0.717) is 6.61 Å². The van der Waals surface area contributed by atoms with Crippen LogP contribution in [0.4, 0.5) is 0 Å². The Morgan fingerprint density at radius 1 is 1.36 bits per heavy atom. The molecular formula is C9H21AlO4. The Balaban J connectivity index is -0.000000177. The van der Waals surface area contributed by atoms with Gasteiger partial charge in [0.1, 0.15) is 12.2 Å². The molecule has 0 saturated carbocycles. The van der Waals surface area contributed by atoms with Gasteiger partial charge in [-0.25, -0.2) is 0 Å². The zero-order valence-electron chi connectivity index (χ0n) is 8.50. The SMILES string of the molecule is CCCCO.COC(=O)CC(C)=O.[AlH3]. The molecule has 0 aromatic heterocycles. The normalized spacial score (nSPS) is 7.71. The van der Waals surface area contributed by atoms with Crippen molar-refractivity contribution in [1.82, 2.24) is 0 Å². The van der Waals surface area contributed by atoms with Gasteiger partial charge in [0.15, 0.2) is 17.4 Å². The first-order chi connectivity index (χ1) is 6.08. The predicted molar refractivity (Wildman–Crippen MR) is 59.2 cm³/mol. The van der Waals surface area contributed by atoms with Crippen molar-refractivity contribution < 1.29 is 19.4 Å². The molecule has 1 N–H and O–H groups in total. The van der Waals surface area contributed by atoms with Gasteiger partial charge in [-0.1, -0.05) is 13.3 Å². The fraction of sp³-hybridized carbons (Fsp3) is 0.778. The summed E-state index contributed by atoms with van der Waals surface area (Å²) < 4.78 is 4.20. The summed E-state index contributed by atoms with van der Waals surface area (Å²) in [5, 5.41) is 8.07. The van der Waals surface area contributed by atoms with Gasteiger partial charge >= 0.3 is 5.97 Å². The third-order valence-electron chi connectivity index (χ3n) is 1.13. The number of ether oxygens (including phenoxy) is 1. The van der Waals surface area contributed by atoms with Crippen molar-refractivity contribution >= 4 is 29.1 Å². The lowest BCUT2D eigenvalue weighted by molar-refractivity contribution is -0.142. The quantitative estimate of drug-likeness (QED) is 0.402. The second-order valence-electron chi connectivity index (χ2n) is 2.53. The highest BCUT2D eigenvalue weighted by molar-refractivity contribution is 5.93.